The van der Waals surface area contributed by atoms with E-state index in [0.717, 1.165) is 21.3 Å². The van der Waals surface area contributed by atoms with Gasteiger partial charge < -0.3 is 5.32 Å². The Labute approximate surface area is 172 Å². The monoisotopic (exact) mass is 438 g/mol. The number of halogens is 1. The first-order chi connectivity index (χ1) is 13.5. The summed E-state index contributed by atoms with van der Waals surface area (Å²) in [7, 11) is 3.01. The van der Waals surface area contributed by atoms with Crippen LogP contribution in [0.25, 0.3) is 11.1 Å². The SMILES string of the molecule is CON(C)C(=O)c1ccc(-c2ccc(C(=O)Nc3ccc(Br)cc3)cc2)cc1. The van der Waals surface area contributed by atoms with Crippen LogP contribution in [0.4, 0.5) is 5.69 Å². The van der Waals surface area contributed by atoms with Crippen LogP contribution in [0.3, 0.4) is 0 Å². The number of anilines is 1. The minimum absolute atomic E-state index is 0.169. The number of hydrogen-bond donors (Lipinski definition) is 1. The van der Waals surface area contributed by atoms with Gasteiger partial charge in [0.2, 0.25) is 0 Å². The molecule has 0 aliphatic heterocycles. The van der Waals surface area contributed by atoms with E-state index in [2.05, 4.69) is 21.2 Å². The van der Waals surface area contributed by atoms with E-state index in [0.29, 0.717) is 11.1 Å². The average molecular weight is 439 g/mol. The van der Waals surface area contributed by atoms with Gasteiger partial charge in [-0.05, 0) is 59.7 Å². The third-order valence-electron chi connectivity index (χ3n) is 4.27. The molecule has 0 fully saturated rings. The Balaban J connectivity index is 1.70. The standard InChI is InChI=1S/C22H19BrN2O3/c1-25(28-2)22(27)18-9-5-16(6-10-18)15-3-7-17(8-4-15)21(26)24-20-13-11-19(23)12-14-20/h3-14H,1-2H3,(H,24,26). The largest absolute Gasteiger partial charge is 0.322 e. The number of nitrogens with one attached hydrogen (secondary N) is 1. The molecule has 6 heteroatoms. The van der Waals surface area contributed by atoms with Crippen molar-refractivity contribution < 1.29 is 14.4 Å². The molecule has 3 aromatic carbocycles. The van der Waals surface area contributed by atoms with E-state index < -0.39 is 0 Å². The summed E-state index contributed by atoms with van der Waals surface area (Å²) in [6.45, 7) is 0. The molecule has 0 aliphatic carbocycles. The second-order valence-corrected chi connectivity index (χ2v) is 7.02. The number of amides is 2. The van der Waals surface area contributed by atoms with Crippen molar-refractivity contribution in [2.24, 2.45) is 0 Å². The molecule has 3 rings (SSSR count). The predicted molar refractivity (Wildman–Crippen MR) is 113 cm³/mol. The maximum absolute atomic E-state index is 12.4. The van der Waals surface area contributed by atoms with Crippen LogP contribution in [0, 0.1) is 0 Å². The Bertz CT molecular complexity index is 968. The highest BCUT2D eigenvalue weighted by Gasteiger charge is 2.11. The van der Waals surface area contributed by atoms with Gasteiger partial charge in [0.15, 0.2) is 0 Å². The molecule has 0 saturated carbocycles. The minimum atomic E-state index is -0.214. The molecular weight excluding hydrogens is 420 g/mol. The molecule has 1 N–H and O–H groups in total. The molecule has 0 heterocycles. The van der Waals surface area contributed by atoms with Crippen molar-refractivity contribution >= 4 is 33.4 Å². The van der Waals surface area contributed by atoms with Crippen molar-refractivity contribution in [3.05, 3.63) is 88.4 Å². The second kappa shape index (κ2) is 8.82. The molecule has 0 aliphatic rings. The van der Waals surface area contributed by atoms with Gasteiger partial charge in [-0.1, -0.05) is 40.2 Å². The van der Waals surface area contributed by atoms with E-state index in [9.17, 15) is 9.59 Å². The molecule has 0 atom stereocenters. The van der Waals surface area contributed by atoms with Crippen LogP contribution in [-0.4, -0.2) is 31.0 Å². The Morgan fingerprint density at radius 2 is 1.32 bits per heavy atom. The lowest BCUT2D eigenvalue weighted by molar-refractivity contribution is -0.0756. The average Bonchev–Trinajstić information content (AvgIpc) is 2.74. The van der Waals surface area contributed by atoms with Gasteiger partial charge in [-0.25, -0.2) is 5.06 Å². The molecular formula is C22H19BrN2O3. The highest BCUT2D eigenvalue weighted by Crippen LogP contribution is 2.22. The number of nitrogens with zero attached hydrogens (tertiary/aromatic N) is 1. The number of carbonyl (C=O) groups excluding carboxylic acids is 2. The van der Waals surface area contributed by atoms with E-state index in [1.165, 1.54) is 12.2 Å². The fraction of sp³-hybridized carbons (Fsp3) is 0.0909. The van der Waals surface area contributed by atoms with E-state index in [4.69, 9.17) is 4.84 Å². The van der Waals surface area contributed by atoms with Gasteiger partial charge in [-0.2, -0.15) is 0 Å². The third kappa shape index (κ3) is 4.65. The second-order valence-electron chi connectivity index (χ2n) is 6.10. The molecule has 0 unspecified atom stereocenters. The lowest BCUT2D eigenvalue weighted by Gasteiger charge is -2.13. The summed E-state index contributed by atoms with van der Waals surface area (Å²) in [6.07, 6.45) is 0. The molecule has 5 nitrogen and oxygen atoms in total. The molecule has 3 aromatic rings. The predicted octanol–water partition coefficient (Wildman–Crippen LogP) is 5.00. The summed E-state index contributed by atoms with van der Waals surface area (Å²) < 4.78 is 0.955. The zero-order valence-corrected chi connectivity index (χ0v) is 17.1. The number of benzene rings is 3. The van der Waals surface area contributed by atoms with Crippen LogP contribution < -0.4 is 5.32 Å². The maximum atomic E-state index is 12.4. The summed E-state index contributed by atoms with van der Waals surface area (Å²) in [5, 5.41) is 4.04. The van der Waals surface area contributed by atoms with Gasteiger partial charge in [-0.15, -0.1) is 0 Å². The Hall–Kier alpha value is -2.96. The first-order valence-electron chi connectivity index (χ1n) is 8.57. The molecule has 0 aromatic heterocycles. The number of hydrogen-bond acceptors (Lipinski definition) is 3. The Kier molecular flexibility index (Phi) is 6.23. The van der Waals surface area contributed by atoms with E-state index >= 15 is 0 Å². The zero-order chi connectivity index (χ0) is 20.1. The molecule has 142 valence electrons. The third-order valence-corrected chi connectivity index (χ3v) is 4.80. The lowest BCUT2D eigenvalue weighted by atomic mass is 10.0. The van der Waals surface area contributed by atoms with Gasteiger partial charge in [0.25, 0.3) is 11.8 Å². The van der Waals surface area contributed by atoms with Crippen LogP contribution in [0.2, 0.25) is 0 Å². The van der Waals surface area contributed by atoms with Crippen LogP contribution in [0.5, 0.6) is 0 Å². The van der Waals surface area contributed by atoms with Gasteiger partial charge in [0, 0.05) is 28.3 Å². The molecule has 28 heavy (non-hydrogen) atoms. The van der Waals surface area contributed by atoms with Crippen molar-refractivity contribution in [1.82, 2.24) is 5.06 Å². The van der Waals surface area contributed by atoms with E-state index in [-0.39, 0.29) is 11.8 Å². The van der Waals surface area contributed by atoms with Gasteiger partial charge in [0.1, 0.15) is 0 Å². The van der Waals surface area contributed by atoms with Crippen LogP contribution in [0.15, 0.2) is 77.3 Å². The highest BCUT2D eigenvalue weighted by atomic mass is 79.9. The van der Waals surface area contributed by atoms with Crippen molar-refractivity contribution in [2.75, 3.05) is 19.5 Å². The van der Waals surface area contributed by atoms with Crippen molar-refractivity contribution in [1.29, 1.82) is 0 Å². The summed E-state index contributed by atoms with van der Waals surface area (Å²) in [5.41, 5.74) is 3.76. The molecule has 0 radical (unpaired) electrons. The smallest absolute Gasteiger partial charge is 0.277 e. The topological polar surface area (TPSA) is 58.6 Å². The van der Waals surface area contributed by atoms with Crippen molar-refractivity contribution in [2.45, 2.75) is 0 Å². The van der Waals surface area contributed by atoms with Gasteiger partial charge in [-0.3, -0.25) is 14.4 Å². The van der Waals surface area contributed by atoms with Gasteiger partial charge in [0.05, 0.1) is 7.11 Å². The van der Waals surface area contributed by atoms with Gasteiger partial charge >= 0.3 is 0 Å². The number of rotatable bonds is 5. The van der Waals surface area contributed by atoms with Crippen molar-refractivity contribution in [3.63, 3.8) is 0 Å². The molecule has 2 amide bonds. The first kappa shape index (κ1) is 19.8. The number of hydroxylamine groups is 2. The van der Waals surface area contributed by atoms with Crippen LogP contribution in [0.1, 0.15) is 20.7 Å². The summed E-state index contributed by atoms with van der Waals surface area (Å²) in [5.74, 6) is -0.383. The highest BCUT2D eigenvalue weighted by molar-refractivity contribution is 9.10. The van der Waals surface area contributed by atoms with E-state index in [1.54, 1.807) is 31.3 Å². The quantitative estimate of drug-likeness (QED) is 0.570. The lowest BCUT2D eigenvalue weighted by Crippen LogP contribution is -2.25. The fourth-order valence-corrected chi connectivity index (χ4v) is 2.88. The molecule has 0 bridgehead atoms. The maximum Gasteiger partial charge on any atom is 0.277 e. The normalized spacial score (nSPS) is 10.4. The minimum Gasteiger partial charge on any atom is -0.322 e. The summed E-state index contributed by atoms with van der Waals surface area (Å²) >= 11 is 3.37. The molecule has 0 saturated heterocycles. The number of carbonyl (C=O) groups is 2. The van der Waals surface area contributed by atoms with Crippen LogP contribution >= 0.6 is 15.9 Å². The zero-order valence-electron chi connectivity index (χ0n) is 15.5. The Morgan fingerprint density at radius 3 is 1.82 bits per heavy atom. The fourth-order valence-electron chi connectivity index (χ4n) is 2.62. The van der Waals surface area contributed by atoms with Crippen LogP contribution in [-0.2, 0) is 4.84 Å². The molecule has 0 spiro atoms. The summed E-state index contributed by atoms with van der Waals surface area (Å²) in [4.78, 5) is 29.4. The van der Waals surface area contributed by atoms with Crippen molar-refractivity contribution in [3.8, 4) is 11.1 Å². The van der Waals surface area contributed by atoms with E-state index in [1.807, 2.05) is 48.5 Å². The first-order valence-corrected chi connectivity index (χ1v) is 9.37. The summed E-state index contributed by atoms with van der Waals surface area (Å²) in [6, 6.07) is 22.0. The Morgan fingerprint density at radius 1 is 0.821 bits per heavy atom.